The number of rotatable bonds is 4. The van der Waals surface area contributed by atoms with Gasteiger partial charge in [-0.2, -0.15) is 0 Å². The fourth-order valence-electron chi connectivity index (χ4n) is 3.60. The maximum absolute atomic E-state index is 13.5. The minimum Gasteiger partial charge on any atom is -0.435 e. The molecule has 0 spiro atoms. The molecule has 29 heavy (non-hydrogen) atoms. The van der Waals surface area contributed by atoms with Gasteiger partial charge in [-0.3, -0.25) is 4.79 Å². The van der Waals surface area contributed by atoms with Crippen molar-refractivity contribution in [1.29, 1.82) is 0 Å². The van der Waals surface area contributed by atoms with Gasteiger partial charge in [0.2, 0.25) is 5.60 Å². The minimum absolute atomic E-state index is 0.349. The number of benzene rings is 3. The predicted octanol–water partition coefficient (Wildman–Crippen LogP) is 5.19. The Morgan fingerprint density at radius 1 is 0.931 bits per heavy atom. The van der Waals surface area contributed by atoms with E-state index in [-0.39, 0.29) is 5.91 Å². The molecule has 144 valence electrons. The first-order chi connectivity index (χ1) is 13.9. The third-order valence-corrected chi connectivity index (χ3v) is 5.65. The van der Waals surface area contributed by atoms with Crippen LogP contribution in [0.3, 0.4) is 0 Å². The summed E-state index contributed by atoms with van der Waals surface area (Å²) < 4.78 is 6.85. The van der Waals surface area contributed by atoms with Crippen LogP contribution in [0.25, 0.3) is 5.57 Å². The number of carbonyl (C=O) groups excluding carboxylic acids is 2. The van der Waals surface area contributed by atoms with Crippen LogP contribution in [0, 0.1) is 0 Å². The Bertz CT molecular complexity index is 1110. The average molecular weight is 448 g/mol. The molecule has 4 nitrogen and oxygen atoms in total. The summed E-state index contributed by atoms with van der Waals surface area (Å²) in [6.07, 6.45) is 0. The molecule has 0 saturated carbocycles. The van der Waals surface area contributed by atoms with Crippen LogP contribution in [0.1, 0.15) is 21.5 Å². The van der Waals surface area contributed by atoms with E-state index in [1.165, 1.54) is 4.90 Å². The number of carbonyl (C=O) groups is 2. The first-order valence-corrected chi connectivity index (χ1v) is 9.86. The van der Waals surface area contributed by atoms with E-state index in [4.69, 9.17) is 4.74 Å². The number of amides is 1. The Morgan fingerprint density at radius 3 is 2.24 bits per heavy atom. The van der Waals surface area contributed by atoms with Gasteiger partial charge in [0, 0.05) is 22.7 Å². The third kappa shape index (κ3) is 3.08. The summed E-state index contributed by atoms with van der Waals surface area (Å²) in [4.78, 5) is 28.1. The molecular weight excluding hydrogens is 430 g/mol. The molecule has 0 fully saturated rings. The van der Waals surface area contributed by atoms with Gasteiger partial charge in [-0.05, 0) is 35.9 Å². The van der Waals surface area contributed by atoms with Crippen LogP contribution >= 0.6 is 15.9 Å². The highest BCUT2D eigenvalue weighted by Crippen LogP contribution is 2.49. The highest BCUT2D eigenvalue weighted by atomic mass is 79.9. The van der Waals surface area contributed by atoms with E-state index in [0.717, 1.165) is 10.0 Å². The van der Waals surface area contributed by atoms with Crippen molar-refractivity contribution >= 4 is 39.1 Å². The van der Waals surface area contributed by atoms with E-state index in [9.17, 15) is 9.59 Å². The number of para-hydroxylation sites is 1. The van der Waals surface area contributed by atoms with Crippen LogP contribution in [0.4, 0.5) is 5.69 Å². The van der Waals surface area contributed by atoms with Gasteiger partial charge in [0.05, 0.1) is 11.3 Å². The smallest absolute Gasteiger partial charge is 0.339 e. The fraction of sp³-hybridized carbons (Fsp3) is 0.0833. The minimum atomic E-state index is -1.63. The second-order valence-corrected chi connectivity index (χ2v) is 7.72. The molecule has 3 aromatic rings. The maximum Gasteiger partial charge on any atom is 0.339 e. The first-order valence-electron chi connectivity index (χ1n) is 9.06. The molecule has 1 aliphatic rings. The quantitative estimate of drug-likeness (QED) is 0.516. The van der Waals surface area contributed by atoms with Gasteiger partial charge >= 0.3 is 5.97 Å². The van der Waals surface area contributed by atoms with Gasteiger partial charge in [-0.15, -0.1) is 0 Å². The molecule has 0 aliphatic carbocycles. The number of nitrogens with zero attached hydrogens (tertiary/aromatic N) is 1. The van der Waals surface area contributed by atoms with Crippen molar-refractivity contribution in [3.8, 4) is 0 Å². The monoisotopic (exact) mass is 447 g/mol. The number of fused-ring (bicyclic) bond motifs is 1. The largest absolute Gasteiger partial charge is 0.435 e. The van der Waals surface area contributed by atoms with Gasteiger partial charge in [0.1, 0.15) is 0 Å². The number of halogens is 1. The number of hydrogen-bond acceptors (Lipinski definition) is 3. The summed E-state index contributed by atoms with van der Waals surface area (Å²) in [5.74, 6) is -0.939. The summed E-state index contributed by atoms with van der Waals surface area (Å²) in [6.45, 7) is 4.19. The van der Waals surface area contributed by atoms with Crippen LogP contribution in [0.5, 0.6) is 0 Å². The van der Waals surface area contributed by atoms with Crippen molar-refractivity contribution in [3.05, 3.63) is 107 Å². The van der Waals surface area contributed by atoms with Gasteiger partial charge in [0.15, 0.2) is 0 Å². The lowest BCUT2D eigenvalue weighted by Gasteiger charge is -2.30. The molecule has 3 aromatic carbocycles. The Kier molecular flexibility index (Phi) is 4.84. The van der Waals surface area contributed by atoms with Crippen molar-refractivity contribution in [3.63, 3.8) is 0 Å². The molecule has 1 amide bonds. The highest BCUT2D eigenvalue weighted by Gasteiger charge is 2.55. The molecule has 0 radical (unpaired) electrons. The lowest BCUT2D eigenvalue weighted by atomic mass is 9.83. The van der Waals surface area contributed by atoms with E-state index < -0.39 is 11.6 Å². The molecule has 0 aromatic heterocycles. The second kappa shape index (κ2) is 7.33. The van der Waals surface area contributed by atoms with Crippen LogP contribution in [0.2, 0.25) is 0 Å². The number of likely N-dealkylation sites (N-methyl/N-ethyl adjacent to an activating group) is 1. The standard InChI is InChI=1S/C24H18BrNO3/c1-16(17-8-4-3-5-9-17)24(29-22(27)18-12-14-19(25)15-13-18)20-10-6-7-11-21(20)26(2)23(24)28/h3-15H,1H2,2H3/t24-/m0/s1. The van der Waals surface area contributed by atoms with Gasteiger partial charge in [0.25, 0.3) is 5.91 Å². The predicted molar refractivity (Wildman–Crippen MR) is 117 cm³/mol. The summed E-state index contributed by atoms with van der Waals surface area (Å²) >= 11 is 3.36. The molecular formula is C24H18BrNO3. The van der Waals surface area contributed by atoms with Crippen molar-refractivity contribution in [2.45, 2.75) is 5.60 Å². The first kappa shape index (κ1) is 19.2. The molecule has 1 atom stereocenters. The Balaban J connectivity index is 1.87. The van der Waals surface area contributed by atoms with E-state index in [0.29, 0.717) is 22.4 Å². The van der Waals surface area contributed by atoms with Crippen LogP contribution in [-0.2, 0) is 15.1 Å². The summed E-state index contributed by atoms with van der Waals surface area (Å²) in [5.41, 5.74) is 1.18. The highest BCUT2D eigenvalue weighted by molar-refractivity contribution is 9.10. The molecule has 5 heteroatoms. The Hall–Kier alpha value is -3.18. The third-order valence-electron chi connectivity index (χ3n) is 5.12. The van der Waals surface area contributed by atoms with E-state index >= 15 is 0 Å². The average Bonchev–Trinajstić information content (AvgIpc) is 2.97. The van der Waals surface area contributed by atoms with Crippen LogP contribution in [-0.4, -0.2) is 18.9 Å². The molecule has 0 N–H and O–H groups in total. The van der Waals surface area contributed by atoms with Crippen LogP contribution < -0.4 is 4.90 Å². The van der Waals surface area contributed by atoms with E-state index in [2.05, 4.69) is 22.5 Å². The SMILES string of the molecule is C=C(c1ccccc1)[C@@]1(OC(=O)c2ccc(Br)cc2)C(=O)N(C)c2ccccc21. The normalized spacial score (nSPS) is 17.7. The topological polar surface area (TPSA) is 46.6 Å². The van der Waals surface area contributed by atoms with Crippen molar-refractivity contribution in [2.24, 2.45) is 0 Å². The number of anilines is 1. The number of ether oxygens (including phenoxy) is 1. The van der Waals surface area contributed by atoms with Gasteiger partial charge < -0.3 is 9.64 Å². The maximum atomic E-state index is 13.5. The Labute approximate surface area is 177 Å². The summed E-state index contributed by atoms with van der Waals surface area (Å²) in [5, 5.41) is 0. The molecule has 0 saturated heterocycles. The Morgan fingerprint density at radius 2 is 1.55 bits per heavy atom. The molecule has 1 aliphatic heterocycles. The van der Waals surface area contributed by atoms with Crippen molar-refractivity contribution < 1.29 is 14.3 Å². The number of esters is 1. The zero-order valence-corrected chi connectivity index (χ0v) is 17.3. The lowest BCUT2D eigenvalue weighted by Crippen LogP contribution is -2.43. The molecule has 0 unspecified atom stereocenters. The second-order valence-electron chi connectivity index (χ2n) is 6.80. The lowest BCUT2D eigenvalue weighted by molar-refractivity contribution is -0.131. The van der Waals surface area contributed by atoms with Gasteiger partial charge in [-0.25, -0.2) is 4.79 Å². The zero-order chi connectivity index (χ0) is 20.6. The zero-order valence-electron chi connectivity index (χ0n) is 15.8. The number of hydrogen-bond donors (Lipinski definition) is 0. The summed E-state index contributed by atoms with van der Waals surface area (Å²) in [6, 6.07) is 23.4. The van der Waals surface area contributed by atoms with E-state index in [1.807, 2.05) is 48.5 Å². The fourth-order valence-corrected chi connectivity index (χ4v) is 3.87. The van der Waals surface area contributed by atoms with Crippen molar-refractivity contribution in [2.75, 3.05) is 11.9 Å². The van der Waals surface area contributed by atoms with Crippen LogP contribution in [0.15, 0.2) is 89.9 Å². The molecule has 4 rings (SSSR count). The molecule has 0 bridgehead atoms. The van der Waals surface area contributed by atoms with E-state index in [1.54, 1.807) is 37.4 Å². The van der Waals surface area contributed by atoms with Crippen molar-refractivity contribution in [1.82, 2.24) is 0 Å². The molecule has 1 heterocycles. The van der Waals surface area contributed by atoms with Gasteiger partial charge in [-0.1, -0.05) is 71.0 Å². The summed E-state index contributed by atoms with van der Waals surface area (Å²) in [7, 11) is 1.68.